The van der Waals surface area contributed by atoms with Crippen LogP contribution in [0.1, 0.15) is 62.0 Å². The SMILES string of the molecule is COC(=O)CC(CC1CCCCC1)c1ccc2c(c1)OCC2. The molecule has 1 unspecified atom stereocenters. The maximum atomic E-state index is 11.8. The Balaban J connectivity index is 1.76. The lowest BCUT2D eigenvalue weighted by Crippen LogP contribution is -2.15. The highest BCUT2D eigenvalue weighted by Gasteiger charge is 2.24. The first-order chi connectivity index (χ1) is 10.8. The molecular weight excluding hydrogens is 276 g/mol. The molecule has 1 aromatic carbocycles. The molecule has 0 spiro atoms. The van der Waals surface area contributed by atoms with Gasteiger partial charge in [0.05, 0.1) is 20.1 Å². The van der Waals surface area contributed by atoms with Crippen molar-refractivity contribution in [2.45, 2.75) is 57.3 Å². The van der Waals surface area contributed by atoms with E-state index in [0.29, 0.717) is 6.42 Å². The van der Waals surface area contributed by atoms with Crippen molar-refractivity contribution in [1.29, 1.82) is 0 Å². The summed E-state index contributed by atoms with van der Waals surface area (Å²) in [5.74, 6) is 1.90. The lowest BCUT2D eigenvalue weighted by atomic mass is 9.79. The molecule has 3 nitrogen and oxygen atoms in total. The molecule has 0 N–H and O–H groups in total. The third kappa shape index (κ3) is 3.63. The summed E-state index contributed by atoms with van der Waals surface area (Å²) in [6.45, 7) is 0.781. The molecule has 0 radical (unpaired) electrons. The van der Waals surface area contributed by atoms with Gasteiger partial charge in [0.25, 0.3) is 0 Å². The number of methoxy groups -OCH3 is 1. The van der Waals surface area contributed by atoms with Crippen molar-refractivity contribution in [3.63, 3.8) is 0 Å². The van der Waals surface area contributed by atoms with E-state index < -0.39 is 0 Å². The van der Waals surface area contributed by atoms with Crippen molar-refractivity contribution in [3.8, 4) is 5.75 Å². The summed E-state index contributed by atoms with van der Waals surface area (Å²) in [5, 5.41) is 0. The first-order valence-electron chi connectivity index (χ1n) is 8.58. The summed E-state index contributed by atoms with van der Waals surface area (Å²) in [6.07, 6.45) is 9.22. The van der Waals surface area contributed by atoms with Gasteiger partial charge >= 0.3 is 5.97 Å². The van der Waals surface area contributed by atoms with E-state index in [1.807, 2.05) is 0 Å². The second-order valence-electron chi connectivity index (χ2n) is 6.68. The molecule has 1 atom stereocenters. The summed E-state index contributed by atoms with van der Waals surface area (Å²) in [6, 6.07) is 6.51. The normalized spacial score (nSPS) is 19.3. The van der Waals surface area contributed by atoms with Crippen LogP contribution in [0.25, 0.3) is 0 Å². The van der Waals surface area contributed by atoms with Crippen LogP contribution in [-0.4, -0.2) is 19.7 Å². The molecule has 1 aromatic rings. The predicted molar refractivity (Wildman–Crippen MR) is 86.2 cm³/mol. The fourth-order valence-electron chi connectivity index (χ4n) is 3.88. The zero-order valence-electron chi connectivity index (χ0n) is 13.5. The molecular formula is C19H26O3. The first kappa shape index (κ1) is 15.4. The molecule has 3 heteroatoms. The van der Waals surface area contributed by atoms with E-state index in [-0.39, 0.29) is 11.9 Å². The Morgan fingerprint density at radius 2 is 2.14 bits per heavy atom. The van der Waals surface area contributed by atoms with E-state index in [2.05, 4.69) is 18.2 Å². The van der Waals surface area contributed by atoms with Crippen molar-refractivity contribution < 1.29 is 14.3 Å². The molecule has 1 aliphatic carbocycles. The average molecular weight is 302 g/mol. The smallest absolute Gasteiger partial charge is 0.306 e. The van der Waals surface area contributed by atoms with Crippen LogP contribution in [0.4, 0.5) is 0 Å². The van der Waals surface area contributed by atoms with Crippen LogP contribution in [-0.2, 0) is 16.0 Å². The molecule has 0 bridgehead atoms. The van der Waals surface area contributed by atoms with E-state index in [0.717, 1.165) is 31.1 Å². The molecule has 0 amide bonds. The van der Waals surface area contributed by atoms with Gasteiger partial charge in [-0.15, -0.1) is 0 Å². The molecule has 2 aliphatic rings. The Morgan fingerprint density at radius 3 is 2.91 bits per heavy atom. The van der Waals surface area contributed by atoms with Gasteiger partial charge < -0.3 is 9.47 Å². The van der Waals surface area contributed by atoms with Gasteiger partial charge in [-0.3, -0.25) is 4.79 Å². The Kier molecular flexibility index (Phi) is 5.01. The van der Waals surface area contributed by atoms with Gasteiger partial charge in [0.2, 0.25) is 0 Å². The minimum Gasteiger partial charge on any atom is -0.493 e. The van der Waals surface area contributed by atoms with Crippen molar-refractivity contribution in [2.24, 2.45) is 5.92 Å². The molecule has 1 heterocycles. The highest BCUT2D eigenvalue weighted by molar-refractivity contribution is 5.70. The van der Waals surface area contributed by atoms with Crippen molar-refractivity contribution in [3.05, 3.63) is 29.3 Å². The first-order valence-corrected chi connectivity index (χ1v) is 8.58. The third-order valence-electron chi connectivity index (χ3n) is 5.17. The Bertz CT molecular complexity index is 517. The van der Waals surface area contributed by atoms with Gasteiger partial charge in [0.15, 0.2) is 0 Å². The number of hydrogen-bond acceptors (Lipinski definition) is 3. The molecule has 1 saturated carbocycles. The third-order valence-corrected chi connectivity index (χ3v) is 5.17. The van der Waals surface area contributed by atoms with Crippen molar-refractivity contribution in [1.82, 2.24) is 0 Å². The zero-order chi connectivity index (χ0) is 15.4. The van der Waals surface area contributed by atoms with E-state index in [9.17, 15) is 4.79 Å². The summed E-state index contributed by atoms with van der Waals surface area (Å²) < 4.78 is 10.6. The molecule has 1 fully saturated rings. The second-order valence-corrected chi connectivity index (χ2v) is 6.68. The summed E-state index contributed by atoms with van der Waals surface area (Å²) in [7, 11) is 1.48. The summed E-state index contributed by atoms with van der Waals surface area (Å²) in [4.78, 5) is 11.8. The summed E-state index contributed by atoms with van der Waals surface area (Å²) >= 11 is 0. The zero-order valence-corrected chi connectivity index (χ0v) is 13.5. The van der Waals surface area contributed by atoms with Crippen LogP contribution in [0.3, 0.4) is 0 Å². The number of fused-ring (bicyclic) bond motifs is 1. The second kappa shape index (κ2) is 7.17. The van der Waals surface area contributed by atoms with Crippen LogP contribution in [0.5, 0.6) is 5.75 Å². The van der Waals surface area contributed by atoms with Crippen LogP contribution in [0.15, 0.2) is 18.2 Å². The highest BCUT2D eigenvalue weighted by Crippen LogP contribution is 2.37. The topological polar surface area (TPSA) is 35.5 Å². The number of benzene rings is 1. The minimum absolute atomic E-state index is 0.109. The molecule has 22 heavy (non-hydrogen) atoms. The van der Waals surface area contributed by atoms with E-state index in [1.54, 1.807) is 0 Å². The standard InChI is InChI=1S/C19H26O3/c1-21-19(20)13-17(11-14-5-3-2-4-6-14)16-8-7-15-9-10-22-18(15)12-16/h7-8,12,14,17H,2-6,9-11,13H2,1H3. The van der Waals surface area contributed by atoms with Crippen LogP contribution in [0.2, 0.25) is 0 Å². The number of hydrogen-bond donors (Lipinski definition) is 0. The number of carbonyl (C=O) groups is 1. The van der Waals surface area contributed by atoms with Crippen LogP contribution in [0, 0.1) is 5.92 Å². The number of carbonyl (C=O) groups excluding carboxylic acids is 1. The number of rotatable bonds is 5. The summed E-state index contributed by atoms with van der Waals surface area (Å²) in [5.41, 5.74) is 2.52. The number of esters is 1. The lowest BCUT2D eigenvalue weighted by Gasteiger charge is -2.26. The minimum atomic E-state index is -0.109. The van der Waals surface area contributed by atoms with Crippen LogP contribution >= 0.6 is 0 Å². The van der Waals surface area contributed by atoms with E-state index in [1.165, 1.54) is 50.3 Å². The maximum absolute atomic E-state index is 11.8. The van der Waals surface area contributed by atoms with Gasteiger partial charge in [-0.25, -0.2) is 0 Å². The fourth-order valence-corrected chi connectivity index (χ4v) is 3.88. The van der Waals surface area contributed by atoms with Gasteiger partial charge in [0.1, 0.15) is 5.75 Å². The van der Waals surface area contributed by atoms with Crippen molar-refractivity contribution >= 4 is 5.97 Å². The van der Waals surface area contributed by atoms with Crippen molar-refractivity contribution in [2.75, 3.05) is 13.7 Å². The lowest BCUT2D eigenvalue weighted by molar-refractivity contribution is -0.141. The monoisotopic (exact) mass is 302 g/mol. The predicted octanol–water partition coefficient (Wildman–Crippen LogP) is 4.24. The largest absolute Gasteiger partial charge is 0.493 e. The Hall–Kier alpha value is -1.51. The molecule has 1 aliphatic heterocycles. The van der Waals surface area contributed by atoms with E-state index >= 15 is 0 Å². The maximum Gasteiger partial charge on any atom is 0.306 e. The van der Waals surface area contributed by atoms with Gasteiger partial charge in [0, 0.05) is 6.42 Å². The van der Waals surface area contributed by atoms with Gasteiger partial charge in [-0.2, -0.15) is 0 Å². The van der Waals surface area contributed by atoms with E-state index in [4.69, 9.17) is 9.47 Å². The van der Waals surface area contributed by atoms with Gasteiger partial charge in [-0.05, 0) is 35.4 Å². The Morgan fingerprint density at radius 1 is 1.32 bits per heavy atom. The molecule has 0 aromatic heterocycles. The number of ether oxygens (including phenoxy) is 2. The fraction of sp³-hybridized carbons (Fsp3) is 0.632. The van der Waals surface area contributed by atoms with Crippen LogP contribution < -0.4 is 4.74 Å². The molecule has 120 valence electrons. The average Bonchev–Trinajstić information content (AvgIpc) is 3.02. The Labute approximate surface area is 133 Å². The van der Waals surface area contributed by atoms with Gasteiger partial charge in [-0.1, -0.05) is 44.2 Å². The highest BCUT2D eigenvalue weighted by atomic mass is 16.5. The quantitative estimate of drug-likeness (QED) is 0.763. The molecule has 0 saturated heterocycles. The molecule has 3 rings (SSSR count).